The van der Waals surface area contributed by atoms with E-state index in [4.69, 9.17) is 9.47 Å². The third-order valence-corrected chi connectivity index (χ3v) is 14.8. The molecule has 0 spiro atoms. The monoisotopic (exact) mass is 635 g/mol. The molecule has 1 N–H and O–H groups in total. The molecule has 4 bridgehead atoms. The van der Waals surface area contributed by atoms with Gasteiger partial charge in [-0.15, -0.1) is 0 Å². The van der Waals surface area contributed by atoms with Crippen molar-refractivity contribution in [2.75, 3.05) is 32.7 Å². The van der Waals surface area contributed by atoms with Crippen molar-refractivity contribution in [3.8, 4) is 6.07 Å². The molecule has 0 aromatic rings. The number of piperidine rings is 1. The van der Waals surface area contributed by atoms with E-state index in [2.05, 4.69) is 63.5 Å². The first kappa shape index (κ1) is 33.1. The lowest BCUT2D eigenvalue weighted by atomic mass is 9.41. The minimum Gasteiger partial charge on any atom is -0.481 e. The summed E-state index contributed by atoms with van der Waals surface area (Å²) >= 11 is 0. The van der Waals surface area contributed by atoms with Crippen LogP contribution in [0.4, 0.5) is 0 Å². The molecule has 12 atom stereocenters. The highest BCUT2D eigenvalue weighted by atomic mass is 16.5. The number of carboxylic acid groups (broad SMARTS) is 1. The zero-order valence-corrected chi connectivity index (χ0v) is 29.5. The quantitative estimate of drug-likeness (QED) is 0.280. The van der Waals surface area contributed by atoms with Gasteiger partial charge in [-0.25, -0.2) is 0 Å². The predicted octanol–water partition coefficient (Wildman–Crippen LogP) is 6.77. The van der Waals surface area contributed by atoms with E-state index in [1.54, 1.807) is 0 Å². The molecule has 7 rings (SSSR count). The van der Waals surface area contributed by atoms with E-state index < -0.39 is 22.2 Å². The van der Waals surface area contributed by atoms with Gasteiger partial charge < -0.3 is 19.5 Å². The van der Waals surface area contributed by atoms with Gasteiger partial charge in [0.15, 0.2) is 0 Å². The topological polar surface area (TPSA) is 86.0 Å². The van der Waals surface area contributed by atoms with E-state index in [1.807, 2.05) is 0 Å². The van der Waals surface area contributed by atoms with Gasteiger partial charge in [0, 0.05) is 31.1 Å². The molecular weight excluding hydrogens is 574 g/mol. The van der Waals surface area contributed by atoms with Crippen LogP contribution in [0.2, 0.25) is 0 Å². The molecule has 4 aliphatic carbocycles. The van der Waals surface area contributed by atoms with Crippen LogP contribution in [0.25, 0.3) is 0 Å². The Morgan fingerprint density at radius 3 is 2.43 bits per heavy atom. The van der Waals surface area contributed by atoms with Crippen LogP contribution in [0.1, 0.15) is 106 Å². The number of likely N-dealkylation sites (tertiary alicyclic amines) is 1. The molecule has 256 valence electrons. The highest BCUT2D eigenvalue weighted by molar-refractivity contribution is 5.86. The van der Waals surface area contributed by atoms with E-state index in [0.29, 0.717) is 42.4 Å². The summed E-state index contributed by atoms with van der Waals surface area (Å²) in [5.41, 5.74) is -1.45. The molecule has 3 saturated heterocycles. The highest BCUT2D eigenvalue weighted by Gasteiger charge is 2.86. The van der Waals surface area contributed by atoms with Crippen LogP contribution in [0, 0.1) is 63.1 Å². The number of nitriles is 1. The summed E-state index contributed by atoms with van der Waals surface area (Å²) in [6.07, 6.45) is 13.5. The molecule has 3 heterocycles. The average Bonchev–Trinajstić information content (AvgIpc) is 3.73. The largest absolute Gasteiger partial charge is 0.481 e. The number of hydrogen-bond donors (Lipinski definition) is 1. The van der Waals surface area contributed by atoms with Crippen molar-refractivity contribution in [3.63, 3.8) is 0 Å². The number of unbranched alkanes of at least 4 members (excludes halogenated alkanes) is 1. The smallest absolute Gasteiger partial charge is 0.316 e. The van der Waals surface area contributed by atoms with Crippen molar-refractivity contribution in [1.29, 1.82) is 5.26 Å². The van der Waals surface area contributed by atoms with Gasteiger partial charge in [0.25, 0.3) is 0 Å². The van der Waals surface area contributed by atoms with Gasteiger partial charge in [-0.2, -0.15) is 5.26 Å². The fourth-order valence-electron chi connectivity index (χ4n) is 13.1. The number of carbonyl (C=O) groups is 1. The van der Waals surface area contributed by atoms with Crippen LogP contribution in [0.3, 0.4) is 0 Å². The second-order valence-electron chi connectivity index (χ2n) is 17.3. The van der Waals surface area contributed by atoms with Gasteiger partial charge in [-0.05, 0) is 107 Å². The highest BCUT2D eigenvalue weighted by Crippen LogP contribution is 2.84. The molecule has 7 heteroatoms. The molecule has 3 aliphatic heterocycles. The number of morpholine rings is 1. The maximum atomic E-state index is 14.1. The lowest BCUT2D eigenvalue weighted by Crippen LogP contribution is -2.64. The van der Waals surface area contributed by atoms with Crippen LogP contribution < -0.4 is 0 Å². The molecular formula is C39H61N3O4. The third kappa shape index (κ3) is 4.58. The van der Waals surface area contributed by atoms with Gasteiger partial charge >= 0.3 is 5.97 Å². The number of allylic oxidation sites excluding steroid dienone is 1. The van der Waals surface area contributed by atoms with Gasteiger partial charge in [-0.1, -0.05) is 58.6 Å². The predicted molar refractivity (Wildman–Crippen MR) is 179 cm³/mol. The van der Waals surface area contributed by atoms with Crippen molar-refractivity contribution >= 4 is 5.97 Å². The first-order valence-corrected chi connectivity index (χ1v) is 19.2. The van der Waals surface area contributed by atoms with Crippen LogP contribution in [-0.4, -0.2) is 84.1 Å². The molecule has 0 amide bonds. The van der Waals surface area contributed by atoms with Crippen LogP contribution >= 0.6 is 0 Å². The Morgan fingerprint density at radius 1 is 1.09 bits per heavy atom. The van der Waals surface area contributed by atoms with Gasteiger partial charge in [-0.3, -0.25) is 9.69 Å². The number of rotatable bonds is 9. The van der Waals surface area contributed by atoms with Crippen LogP contribution in [0.5, 0.6) is 0 Å². The summed E-state index contributed by atoms with van der Waals surface area (Å²) < 4.78 is 13.4. The summed E-state index contributed by atoms with van der Waals surface area (Å²) in [5, 5.41) is 22.7. The second kappa shape index (κ2) is 12.1. The molecule has 7 nitrogen and oxygen atoms in total. The lowest BCUT2D eigenvalue weighted by Gasteiger charge is -2.59. The third-order valence-electron chi connectivity index (χ3n) is 14.8. The fraction of sp³-hybridized carbons (Fsp3) is 0.897. The first-order chi connectivity index (χ1) is 22.0. The van der Waals surface area contributed by atoms with Crippen molar-refractivity contribution in [1.82, 2.24) is 9.80 Å². The Hall–Kier alpha value is -1.46. The minimum atomic E-state index is -1.14. The fourth-order valence-corrected chi connectivity index (χ4v) is 13.1. The average molecular weight is 636 g/mol. The summed E-state index contributed by atoms with van der Waals surface area (Å²) in [6.45, 7) is 18.6. The zero-order chi connectivity index (χ0) is 32.6. The number of fused-ring (bicyclic) bond motifs is 2. The summed E-state index contributed by atoms with van der Waals surface area (Å²) in [5.74, 6) is 1.06. The van der Waals surface area contributed by atoms with E-state index in [-0.39, 0.29) is 30.0 Å². The lowest BCUT2D eigenvalue weighted by molar-refractivity contribution is -0.191. The number of aliphatic carboxylic acids is 1. The van der Waals surface area contributed by atoms with Crippen molar-refractivity contribution < 1.29 is 19.4 Å². The molecule has 0 aromatic carbocycles. The SMILES string of the molecule is CCCCC1CC(C23C[C@@H]4[C@H](C)CC[C@H]4C4(C#N)CC2C=C(C(C)C)C34C(=O)O)OC1CN1CCC(N2CC(C)OC(C)C2)CC1. The minimum absolute atomic E-state index is 0.106. The van der Waals surface area contributed by atoms with E-state index in [1.165, 1.54) is 25.7 Å². The number of carboxylic acids is 1. The van der Waals surface area contributed by atoms with Gasteiger partial charge in [0.2, 0.25) is 0 Å². The zero-order valence-electron chi connectivity index (χ0n) is 29.5. The molecule has 3 saturated carbocycles. The Balaban J connectivity index is 1.17. The maximum Gasteiger partial charge on any atom is 0.316 e. The Labute approximate surface area is 278 Å². The normalized spacial score (nSPS) is 47.7. The van der Waals surface area contributed by atoms with Crippen molar-refractivity contribution in [2.45, 2.75) is 136 Å². The Kier molecular flexibility index (Phi) is 8.73. The number of hydrogen-bond acceptors (Lipinski definition) is 6. The molecule has 46 heavy (non-hydrogen) atoms. The van der Waals surface area contributed by atoms with E-state index >= 15 is 0 Å². The van der Waals surface area contributed by atoms with Crippen LogP contribution in [0.15, 0.2) is 11.6 Å². The van der Waals surface area contributed by atoms with Gasteiger partial charge in [0.05, 0.1) is 35.9 Å². The number of ether oxygens (including phenoxy) is 2. The number of nitrogens with zero attached hydrogens (tertiary/aromatic N) is 3. The standard InChI is InChI=1S/C39H61N3O4/c1-7-8-9-28-16-35(46-34(28)22-41-14-12-30(13-15-41)42-20-26(5)45-27(6)21-42)38-19-31-25(4)10-11-32(31)37(23-40)18-29(38)17-33(24(2)3)39(37,38)36(43)44/h17,24-32,34-35H,7-16,18-22H2,1-6H3,(H,43,44)/t25-,26?,27?,28?,29?,31-,32-,34?,35?,37?,38?,39?/m1/s1. The summed E-state index contributed by atoms with van der Waals surface area (Å²) in [4.78, 5) is 19.4. The molecule has 0 aromatic heterocycles. The second-order valence-corrected chi connectivity index (χ2v) is 17.3. The Bertz CT molecular complexity index is 1230. The summed E-state index contributed by atoms with van der Waals surface area (Å²) in [6, 6.07) is 3.48. The van der Waals surface area contributed by atoms with Crippen LogP contribution in [-0.2, 0) is 14.3 Å². The molecule has 7 aliphatic rings. The molecule has 6 fully saturated rings. The summed E-state index contributed by atoms with van der Waals surface area (Å²) in [7, 11) is 0. The van der Waals surface area contributed by atoms with Crippen molar-refractivity contribution in [3.05, 3.63) is 11.6 Å². The van der Waals surface area contributed by atoms with E-state index in [0.717, 1.165) is 70.4 Å². The van der Waals surface area contributed by atoms with Gasteiger partial charge in [0.1, 0.15) is 5.41 Å². The first-order valence-electron chi connectivity index (χ1n) is 19.2. The van der Waals surface area contributed by atoms with E-state index in [9.17, 15) is 15.2 Å². The van der Waals surface area contributed by atoms with Crippen molar-refractivity contribution in [2.24, 2.45) is 51.8 Å². The molecule has 0 radical (unpaired) electrons. The Morgan fingerprint density at radius 2 is 1.80 bits per heavy atom. The molecule has 9 unspecified atom stereocenters. The maximum absolute atomic E-state index is 14.1.